The number of aryl methyl sites for hydroxylation is 2. The van der Waals surface area contributed by atoms with Crippen LogP contribution < -0.4 is 37.5 Å². The second kappa shape index (κ2) is 20.8. The molecule has 0 saturated carbocycles. The van der Waals surface area contributed by atoms with Crippen LogP contribution >= 0.6 is 0 Å². The monoisotopic (exact) mass is 941 g/mol. The summed E-state index contributed by atoms with van der Waals surface area (Å²) >= 11 is 0. The van der Waals surface area contributed by atoms with Gasteiger partial charge in [-0.3, -0.25) is 33.5 Å². The second-order valence-electron chi connectivity index (χ2n) is 18.5. The van der Waals surface area contributed by atoms with E-state index in [1.165, 1.54) is 21.5 Å². The first-order chi connectivity index (χ1) is 31.9. The van der Waals surface area contributed by atoms with E-state index < -0.39 is 67.2 Å². The summed E-state index contributed by atoms with van der Waals surface area (Å²) in [6, 6.07) is 25.3. The number of aromatic amines is 2. The molecular formula is C49H63N5O12Si. The molecule has 6 atom stereocenters. The number of nitrogens with one attached hydrogen (secondary N) is 3. The SMILES string of the molecule is COc1ccc(C(OC[C@H]2O[C@@H](n3cc(C)c(=O)[nH]c3=O)C[C@@H]2OCCNOC[C@H]2O[C@@H](n3cc(C)c(=O)[nH]c3=O)C[C@@H]2O[Si](C)(C)C(C)(C)C)(c2ccccc2)c2ccc(OC)cc2)cc1. The number of rotatable bonds is 19. The van der Waals surface area contributed by atoms with Gasteiger partial charge in [0.2, 0.25) is 0 Å². The Kier molecular flexibility index (Phi) is 15.4. The predicted molar refractivity (Wildman–Crippen MR) is 253 cm³/mol. The van der Waals surface area contributed by atoms with Crippen LogP contribution in [0.4, 0.5) is 0 Å². The third-order valence-electron chi connectivity index (χ3n) is 13.0. The molecule has 2 aliphatic rings. The molecule has 360 valence electrons. The van der Waals surface area contributed by atoms with Crippen LogP contribution in [0, 0.1) is 13.8 Å². The molecule has 67 heavy (non-hydrogen) atoms. The van der Waals surface area contributed by atoms with Crippen molar-refractivity contribution >= 4 is 8.32 Å². The maximum atomic E-state index is 13.2. The van der Waals surface area contributed by atoms with Crippen LogP contribution in [0.25, 0.3) is 0 Å². The molecule has 0 radical (unpaired) electrons. The zero-order chi connectivity index (χ0) is 48.1. The predicted octanol–water partition coefficient (Wildman–Crippen LogP) is 5.60. The number of benzene rings is 3. The zero-order valence-corrected chi connectivity index (χ0v) is 40.7. The van der Waals surface area contributed by atoms with Crippen molar-refractivity contribution < 1.29 is 37.7 Å². The Hall–Kier alpha value is -5.44. The smallest absolute Gasteiger partial charge is 0.330 e. The topological polar surface area (TPSA) is 196 Å². The van der Waals surface area contributed by atoms with E-state index in [1.807, 2.05) is 78.9 Å². The largest absolute Gasteiger partial charge is 0.497 e. The summed E-state index contributed by atoms with van der Waals surface area (Å²) in [5.74, 6) is 1.37. The van der Waals surface area contributed by atoms with Gasteiger partial charge in [0.25, 0.3) is 11.1 Å². The first kappa shape index (κ1) is 49.5. The molecule has 18 heteroatoms. The quantitative estimate of drug-likeness (QED) is 0.0401. The average Bonchev–Trinajstić information content (AvgIpc) is 3.90. The average molecular weight is 942 g/mol. The standard InChI is InChI=1S/C49H63N5O12Si/c1-31-27-53(46(57)51-44(31)55)42-25-38(61-24-23-50-63-30-41-39(66-67(8,9)48(3,4)5)26-43(65-41)54-28-32(2)45(56)52-47(54)58)40(64-42)29-62-49(33-13-11-10-12-14-33,34-15-19-36(59-6)20-16-34)35-17-21-37(60-7)22-18-35/h10-22,27-28,38-43,50H,23-26,29-30H2,1-9H3,(H,51,55,57)(H,52,56,58)/t38-,39-,40+,41+,42+,43+/m0/s1. The molecule has 0 aliphatic carbocycles. The van der Waals surface area contributed by atoms with Crippen LogP contribution in [0.5, 0.6) is 11.5 Å². The molecule has 4 heterocycles. The van der Waals surface area contributed by atoms with E-state index in [9.17, 15) is 19.2 Å². The molecule has 0 unspecified atom stereocenters. The molecular weight excluding hydrogens is 879 g/mol. The number of hydroxylamine groups is 1. The van der Waals surface area contributed by atoms with E-state index in [2.05, 4.69) is 49.3 Å². The first-order valence-corrected chi connectivity index (χ1v) is 25.4. The van der Waals surface area contributed by atoms with Crippen molar-refractivity contribution in [1.29, 1.82) is 0 Å². The number of methoxy groups -OCH3 is 2. The van der Waals surface area contributed by atoms with Crippen molar-refractivity contribution in [2.45, 2.75) is 108 Å². The minimum Gasteiger partial charge on any atom is -0.497 e. The highest BCUT2D eigenvalue weighted by Crippen LogP contribution is 2.44. The second-order valence-corrected chi connectivity index (χ2v) is 23.3. The van der Waals surface area contributed by atoms with Crippen molar-refractivity contribution in [1.82, 2.24) is 24.6 Å². The Labute approximate surface area is 390 Å². The van der Waals surface area contributed by atoms with Gasteiger partial charge in [-0.2, -0.15) is 0 Å². The number of hydrogen-bond donors (Lipinski definition) is 3. The van der Waals surface area contributed by atoms with E-state index in [4.69, 9.17) is 37.7 Å². The fourth-order valence-corrected chi connectivity index (χ4v) is 9.60. The first-order valence-electron chi connectivity index (χ1n) is 22.5. The van der Waals surface area contributed by atoms with E-state index in [0.717, 1.165) is 16.7 Å². The lowest BCUT2D eigenvalue weighted by atomic mass is 9.80. The summed E-state index contributed by atoms with van der Waals surface area (Å²) in [6.45, 7) is 14.6. The van der Waals surface area contributed by atoms with Gasteiger partial charge in [0.05, 0.1) is 46.2 Å². The van der Waals surface area contributed by atoms with Gasteiger partial charge in [0.1, 0.15) is 41.8 Å². The molecule has 3 aromatic carbocycles. The molecule has 5 aromatic rings. The highest BCUT2D eigenvalue weighted by molar-refractivity contribution is 6.74. The summed E-state index contributed by atoms with van der Waals surface area (Å²) in [5.41, 5.74) is 3.07. The maximum Gasteiger partial charge on any atom is 0.330 e. The highest BCUT2D eigenvalue weighted by Gasteiger charge is 2.46. The van der Waals surface area contributed by atoms with Gasteiger partial charge < -0.3 is 32.8 Å². The molecule has 17 nitrogen and oxygen atoms in total. The Morgan fingerprint density at radius 1 is 0.687 bits per heavy atom. The van der Waals surface area contributed by atoms with Gasteiger partial charge >= 0.3 is 11.4 Å². The molecule has 0 spiro atoms. The Balaban J connectivity index is 1.09. The molecule has 2 aliphatic heterocycles. The lowest BCUT2D eigenvalue weighted by molar-refractivity contribution is -0.109. The van der Waals surface area contributed by atoms with Gasteiger partial charge in [-0.05, 0) is 72.9 Å². The fourth-order valence-electron chi connectivity index (χ4n) is 8.24. The third kappa shape index (κ3) is 11.0. The number of nitrogens with zero attached hydrogens (tertiary/aromatic N) is 2. The van der Waals surface area contributed by atoms with Crippen LogP contribution in [0.2, 0.25) is 18.1 Å². The van der Waals surface area contributed by atoms with Gasteiger partial charge in [0.15, 0.2) is 8.32 Å². The molecule has 2 fully saturated rings. The Morgan fingerprint density at radius 3 is 1.66 bits per heavy atom. The fraction of sp³-hybridized carbons (Fsp3) is 0.469. The third-order valence-corrected chi connectivity index (χ3v) is 17.6. The van der Waals surface area contributed by atoms with Crippen LogP contribution in [0.15, 0.2) is 110 Å². The molecule has 0 amide bonds. The van der Waals surface area contributed by atoms with Crippen molar-refractivity contribution in [3.05, 3.63) is 161 Å². The van der Waals surface area contributed by atoms with E-state index in [0.29, 0.717) is 29.0 Å². The van der Waals surface area contributed by atoms with Gasteiger partial charge in [-0.15, -0.1) is 0 Å². The summed E-state index contributed by atoms with van der Waals surface area (Å²) in [6.07, 6.45) is 0.0790. The molecule has 0 bridgehead atoms. The maximum absolute atomic E-state index is 13.2. The summed E-state index contributed by atoms with van der Waals surface area (Å²) in [7, 11) is 0.962. The van der Waals surface area contributed by atoms with Gasteiger partial charge in [-0.1, -0.05) is 75.4 Å². The minimum absolute atomic E-state index is 0.0306. The van der Waals surface area contributed by atoms with Crippen molar-refractivity contribution in [3.63, 3.8) is 0 Å². The molecule has 2 aromatic heterocycles. The molecule has 3 N–H and O–H groups in total. The van der Waals surface area contributed by atoms with E-state index in [-0.39, 0.29) is 43.9 Å². The lowest BCUT2D eigenvalue weighted by Gasteiger charge is -2.39. The minimum atomic E-state index is -2.27. The number of H-pyrrole nitrogens is 2. The number of hydrogen-bond acceptors (Lipinski definition) is 13. The Morgan fingerprint density at radius 2 is 1.16 bits per heavy atom. The van der Waals surface area contributed by atoms with E-state index in [1.54, 1.807) is 28.1 Å². The van der Waals surface area contributed by atoms with Crippen molar-refractivity contribution in [2.75, 3.05) is 40.6 Å². The van der Waals surface area contributed by atoms with Crippen LogP contribution in [0.1, 0.15) is 73.9 Å². The summed E-state index contributed by atoms with van der Waals surface area (Å²) in [4.78, 5) is 61.3. The molecule has 7 rings (SSSR count). The lowest BCUT2D eigenvalue weighted by Crippen LogP contribution is -2.47. The summed E-state index contributed by atoms with van der Waals surface area (Å²) in [5, 5.41) is -0.0813. The van der Waals surface area contributed by atoms with Crippen LogP contribution in [0.3, 0.4) is 0 Å². The summed E-state index contributed by atoms with van der Waals surface area (Å²) < 4.78 is 47.4. The van der Waals surface area contributed by atoms with Crippen molar-refractivity contribution in [2.24, 2.45) is 0 Å². The number of aromatic nitrogens is 4. The zero-order valence-electron chi connectivity index (χ0n) is 39.7. The van der Waals surface area contributed by atoms with Gasteiger partial charge in [0, 0.05) is 42.9 Å². The van der Waals surface area contributed by atoms with Crippen LogP contribution in [-0.4, -0.2) is 92.4 Å². The van der Waals surface area contributed by atoms with E-state index >= 15 is 0 Å². The number of ether oxygens (including phenoxy) is 6. The Bertz CT molecular complexity index is 2630. The van der Waals surface area contributed by atoms with Gasteiger partial charge in [-0.25, -0.2) is 15.1 Å². The molecule has 2 saturated heterocycles. The normalized spacial score (nSPS) is 21.1. The highest BCUT2D eigenvalue weighted by atomic mass is 28.4. The van der Waals surface area contributed by atoms with Crippen LogP contribution in [-0.2, 0) is 33.8 Å². The van der Waals surface area contributed by atoms with Crippen molar-refractivity contribution in [3.8, 4) is 11.5 Å².